The number of hydrogen-bond donors (Lipinski definition) is 0. The van der Waals surface area contributed by atoms with Crippen molar-refractivity contribution in [2.45, 2.75) is 6.54 Å². The number of thiophene rings is 1. The maximum Gasteiger partial charge on any atom is 0.275 e. The van der Waals surface area contributed by atoms with Crippen molar-refractivity contribution < 1.29 is 9.59 Å². The Labute approximate surface area is 159 Å². The molecule has 0 radical (unpaired) electrons. The molecule has 0 unspecified atom stereocenters. The minimum Gasteiger partial charge on any atom is -0.338 e. The molecule has 1 fully saturated rings. The van der Waals surface area contributed by atoms with Crippen LogP contribution in [0.5, 0.6) is 0 Å². The van der Waals surface area contributed by atoms with Gasteiger partial charge in [0.05, 0.1) is 16.5 Å². The van der Waals surface area contributed by atoms with Crippen molar-refractivity contribution in [3.63, 3.8) is 0 Å². The van der Waals surface area contributed by atoms with E-state index in [0.29, 0.717) is 36.4 Å². The lowest BCUT2D eigenvalue weighted by Crippen LogP contribution is -2.51. The van der Waals surface area contributed by atoms with Crippen LogP contribution in [0.1, 0.15) is 9.67 Å². The highest BCUT2D eigenvalue weighted by atomic mass is 32.1. The van der Waals surface area contributed by atoms with Crippen molar-refractivity contribution >= 4 is 33.9 Å². The molecule has 0 bridgehead atoms. The van der Waals surface area contributed by atoms with E-state index in [-0.39, 0.29) is 23.9 Å². The number of nitrogens with zero attached hydrogens (tertiary/aromatic N) is 4. The van der Waals surface area contributed by atoms with Gasteiger partial charge in [0.2, 0.25) is 5.91 Å². The molecule has 7 nitrogen and oxygen atoms in total. The third-order valence-corrected chi connectivity index (χ3v) is 5.56. The quantitative estimate of drug-likeness (QED) is 0.687. The van der Waals surface area contributed by atoms with E-state index in [1.807, 2.05) is 29.6 Å². The summed E-state index contributed by atoms with van der Waals surface area (Å²) < 4.78 is 1.20. The maximum absolute atomic E-state index is 12.6. The standard InChI is InChI=1S/C19H18N4O3S/c24-17(13-23-18(25)15-5-2-1-4-14(15)12-20-23)21-7-9-22(10-8-21)19(26)16-6-3-11-27-16/h1-6,11-12H,7-10,13H2. The molecule has 0 N–H and O–H groups in total. The fraction of sp³-hybridized carbons (Fsp3) is 0.263. The molecule has 4 rings (SSSR count). The third kappa shape index (κ3) is 3.48. The molecule has 0 saturated carbocycles. The van der Waals surface area contributed by atoms with Crippen LogP contribution in [0, 0.1) is 0 Å². The van der Waals surface area contributed by atoms with Crippen LogP contribution in [0.15, 0.2) is 52.8 Å². The number of hydrogen-bond acceptors (Lipinski definition) is 5. The summed E-state index contributed by atoms with van der Waals surface area (Å²) >= 11 is 1.42. The summed E-state index contributed by atoms with van der Waals surface area (Å²) in [5.74, 6) is -0.160. The molecule has 0 atom stereocenters. The average Bonchev–Trinajstić information content (AvgIpc) is 3.25. The van der Waals surface area contributed by atoms with Crippen molar-refractivity contribution in [1.29, 1.82) is 0 Å². The molecule has 3 aromatic rings. The summed E-state index contributed by atoms with van der Waals surface area (Å²) in [5, 5.41) is 7.29. The molecule has 1 aromatic carbocycles. The van der Waals surface area contributed by atoms with Crippen LogP contribution in [-0.2, 0) is 11.3 Å². The zero-order valence-electron chi connectivity index (χ0n) is 14.6. The molecule has 2 amide bonds. The average molecular weight is 382 g/mol. The van der Waals surface area contributed by atoms with Crippen LogP contribution in [0.2, 0.25) is 0 Å². The number of piperazine rings is 1. The monoisotopic (exact) mass is 382 g/mol. The van der Waals surface area contributed by atoms with Gasteiger partial charge in [-0.3, -0.25) is 14.4 Å². The Balaban J connectivity index is 1.41. The number of amides is 2. The SMILES string of the molecule is O=C(Cn1ncc2ccccc2c1=O)N1CCN(C(=O)c2cccs2)CC1. The van der Waals surface area contributed by atoms with Gasteiger partial charge in [0.1, 0.15) is 6.54 Å². The van der Waals surface area contributed by atoms with Gasteiger partial charge in [-0.15, -0.1) is 11.3 Å². The van der Waals surface area contributed by atoms with Crippen molar-refractivity contribution in [3.05, 3.63) is 63.2 Å². The topological polar surface area (TPSA) is 75.5 Å². The molecule has 2 aromatic heterocycles. The van der Waals surface area contributed by atoms with Gasteiger partial charge in [0.15, 0.2) is 0 Å². The second-order valence-electron chi connectivity index (χ2n) is 6.34. The molecule has 1 aliphatic heterocycles. The Hall–Kier alpha value is -3.00. The number of benzene rings is 1. The maximum atomic E-state index is 12.6. The Kier molecular flexibility index (Phi) is 4.72. The van der Waals surface area contributed by atoms with Gasteiger partial charge >= 0.3 is 0 Å². The lowest BCUT2D eigenvalue weighted by Gasteiger charge is -2.34. The summed E-state index contributed by atoms with van der Waals surface area (Å²) in [6.45, 7) is 1.80. The molecule has 138 valence electrons. The highest BCUT2D eigenvalue weighted by molar-refractivity contribution is 7.12. The van der Waals surface area contributed by atoms with E-state index in [1.165, 1.54) is 16.0 Å². The Morgan fingerprint density at radius 2 is 1.74 bits per heavy atom. The number of rotatable bonds is 3. The highest BCUT2D eigenvalue weighted by Gasteiger charge is 2.25. The van der Waals surface area contributed by atoms with Crippen LogP contribution in [0.4, 0.5) is 0 Å². The first-order valence-electron chi connectivity index (χ1n) is 8.69. The first kappa shape index (κ1) is 17.4. The molecule has 0 aliphatic carbocycles. The van der Waals surface area contributed by atoms with Gasteiger partial charge in [-0.2, -0.15) is 5.10 Å². The van der Waals surface area contributed by atoms with Gasteiger partial charge in [0.25, 0.3) is 11.5 Å². The van der Waals surface area contributed by atoms with E-state index < -0.39 is 0 Å². The van der Waals surface area contributed by atoms with Crippen LogP contribution in [0.3, 0.4) is 0 Å². The van der Waals surface area contributed by atoms with Gasteiger partial charge in [0, 0.05) is 31.6 Å². The molecule has 3 heterocycles. The van der Waals surface area contributed by atoms with Crippen LogP contribution < -0.4 is 5.56 Å². The lowest BCUT2D eigenvalue weighted by atomic mass is 10.2. The Morgan fingerprint density at radius 3 is 2.48 bits per heavy atom. The van der Waals surface area contributed by atoms with E-state index in [9.17, 15) is 14.4 Å². The minimum atomic E-state index is -0.270. The smallest absolute Gasteiger partial charge is 0.275 e. The molecular formula is C19H18N4O3S. The third-order valence-electron chi connectivity index (χ3n) is 4.70. The van der Waals surface area contributed by atoms with Crippen LogP contribution >= 0.6 is 11.3 Å². The summed E-state index contributed by atoms with van der Waals surface area (Å²) in [6, 6.07) is 10.8. The van der Waals surface area contributed by atoms with Crippen molar-refractivity contribution in [3.8, 4) is 0 Å². The van der Waals surface area contributed by atoms with Gasteiger partial charge in [-0.25, -0.2) is 4.68 Å². The van der Waals surface area contributed by atoms with Gasteiger partial charge in [-0.1, -0.05) is 24.3 Å². The van der Waals surface area contributed by atoms with Crippen LogP contribution in [-0.4, -0.2) is 57.6 Å². The largest absolute Gasteiger partial charge is 0.338 e. The second-order valence-corrected chi connectivity index (χ2v) is 7.29. The fourth-order valence-corrected chi connectivity index (χ4v) is 3.87. The number of carbonyl (C=O) groups is 2. The van der Waals surface area contributed by atoms with Crippen molar-refractivity contribution in [1.82, 2.24) is 19.6 Å². The fourth-order valence-electron chi connectivity index (χ4n) is 3.18. The Morgan fingerprint density at radius 1 is 1.00 bits per heavy atom. The van der Waals surface area contributed by atoms with E-state index in [0.717, 1.165) is 5.39 Å². The molecule has 0 spiro atoms. The number of carbonyl (C=O) groups excluding carboxylic acids is 2. The number of fused-ring (bicyclic) bond motifs is 1. The molecule has 1 aliphatic rings. The van der Waals surface area contributed by atoms with Gasteiger partial charge < -0.3 is 9.80 Å². The van der Waals surface area contributed by atoms with Crippen molar-refractivity contribution in [2.24, 2.45) is 0 Å². The van der Waals surface area contributed by atoms with E-state index in [1.54, 1.807) is 28.1 Å². The van der Waals surface area contributed by atoms with Crippen molar-refractivity contribution in [2.75, 3.05) is 26.2 Å². The zero-order chi connectivity index (χ0) is 18.8. The summed E-state index contributed by atoms with van der Waals surface area (Å²) in [7, 11) is 0. The zero-order valence-corrected chi connectivity index (χ0v) is 15.4. The lowest BCUT2D eigenvalue weighted by molar-refractivity contribution is -0.133. The van der Waals surface area contributed by atoms with E-state index in [2.05, 4.69) is 5.10 Å². The molecule has 1 saturated heterocycles. The predicted molar refractivity (Wildman–Crippen MR) is 103 cm³/mol. The second kappa shape index (κ2) is 7.32. The molecule has 8 heteroatoms. The summed E-state index contributed by atoms with van der Waals surface area (Å²) in [6.07, 6.45) is 1.60. The Bertz CT molecular complexity index is 1040. The number of aromatic nitrogens is 2. The van der Waals surface area contributed by atoms with E-state index >= 15 is 0 Å². The molecular weight excluding hydrogens is 364 g/mol. The van der Waals surface area contributed by atoms with E-state index in [4.69, 9.17) is 0 Å². The van der Waals surface area contributed by atoms with Crippen LogP contribution in [0.25, 0.3) is 10.8 Å². The summed E-state index contributed by atoms with van der Waals surface area (Å²) in [5.41, 5.74) is -0.270. The van der Waals surface area contributed by atoms with Gasteiger partial charge in [-0.05, 0) is 17.5 Å². The minimum absolute atomic E-state index is 0.00418. The first-order valence-corrected chi connectivity index (χ1v) is 9.57. The predicted octanol–water partition coefficient (Wildman–Crippen LogP) is 1.44. The normalized spacial score (nSPS) is 14.5. The molecule has 27 heavy (non-hydrogen) atoms. The summed E-state index contributed by atoms with van der Waals surface area (Å²) in [4.78, 5) is 41.6. The highest BCUT2D eigenvalue weighted by Crippen LogP contribution is 2.14. The first-order chi connectivity index (χ1) is 13.1.